The maximum atomic E-state index is 11.8. The van der Waals surface area contributed by atoms with Gasteiger partial charge in [-0.3, -0.25) is 10.1 Å². The zero-order valence-electron chi connectivity index (χ0n) is 16.9. The third kappa shape index (κ3) is 4.02. The minimum atomic E-state index is -2.73. The highest BCUT2D eigenvalue weighted by Crippen LogP contribution is 2.39. The summed E-state index contributed by atoms with van der Waals surface area (Å²) < 4.78 is 5.52. The quantitative estimate of drug-likeness (QED) is 0.202. The fourth-order valence-electron chi connectivity index (χ4n) is 3.99. The summed E-state index contributed by atoms with van der Waals surface area (Å²) in [6.07, 6.45) is 7.00. The van der Waals surface area contributed by atoms with Gasteiger partial charge in [-0.05, 0) is 15.4 Å². The monoisotopic (exact) mass is 471 g/mol. The maximum Gasteiger partial charge on any atom is 0.301 e. The Balaban J connectivity index is 2.08. The van der Waals surface area contributed by atoms with Crippen LogP contribution in [0.15, 0.2) is 85.0 Å². The number of nitro groups is 1. The Kier molecular flexibility index (Phi) is 6.26. The van der Waals surface area contributed by atoms with Crippen molar-refractivity contribution in [3.63, 3.8) is 0 Å². The van der Waals surface area contributed by atoms with Crippen LogP contribution >= 0.6 is 15.9 Å². The summed E-state index contributed by atoms with van der Waals surface area (Å²) in [5.41, 5.74) is 0. The Hall–Kier alpha value is -2.02. The average molecular weight is 472 g/mol. The van der Waals surface area contributed by atoms with Gasteiger partial charge in [0.2, 0.25) is 0 Å². The summed E-state index contributed by atoms with van der Waals surface area (Å²) in [4.78, 5) is 11.5. The van der Waals surface area contributed by atoms with Crippen molar-refractivity contribution in [1.82, 2.24) is 0 Å². The third-order valence-corrected chi connectivity index (χ3v) is 11.6. The van der Waals surface area contributed by atoms with Crippen LogP contribution in [0.2, 0.25) is 5.04 Å². The Bertz CT molecular complexity index is 869. The molecule has 6 heteroatoms. The first-order chi connectivity index (χ1) is 13.7. The van der Waals surface area contributed by atoms with E-state index in [2.05, 4.69) is 61.0 Å². The standard InChI is InChI=1S/C23H26BrNO3Si/c1-22(2,3)29(20-13-6-4-7-14-20,21-15-8-5-9-16-21)28-18-19-12-10-11-17-23(19,24)25(26)27/h4-17,19H,18H2,1-3H3. The minimum Gasteiger partial charge on any atom is -0.406 e. The number of halogens is 1. The molecule has 0 heterocycles. The van der Waals surface area contributed by atoms with Crippen LogP contribution in [0.3, 0.4) is 0 Å². The molecule has 0 bridgehead atoms. The first-order valence-electron chi connectivity index (χ1n) is 9.66. The van der Waals surface area contributed by atoms with Gasteiger partial charge in [-0.2, -0.15) is 0 Å². The summed E-state index contributed by atoms with van der Waals surface area (Å²) in [6.45, 7) is 6.85. The number of rotatable bonds is 6. The number of nitrogens with zero attached hydrogens (tertiary/aromatic N) is 1. The highest BCUT2D eigenvalue weighted by molar-refractivity contribution is 9.10. The Morgan fingerprint density at radius 3 is 2.00 bits per heavy atom. The first kappa shape index (κ1) is 21.7. The van der Waals surface area contributed by atoms with Crippen molar-refractivity contribution in [2.24, 2.45) is 5.92 Å². The van der Waals surface area contributed by atoms with Crippen LogP contribution in [0.1, 0.15) is 20.8 Å². The van der Waals surface area contributed by atoms with Crippen LogP contribution in [0.25, 0.3) is 0 Å². The lowest BCUT2D eigenvalue weighted by Crippen LogP contribution is -2.67. The SMILES string of the molecule is CC(C)(C)[Si](OCC1C=CC=CC1(Br)[N+](=O)[O-])(c1ccccc1)c1ccccc1. The summed E-state index contributed by atoms with van der Waals surface area (Å²) in [5, 5.41) is 13.9. The molecule has 2 aromatic rings. The first-order valence-corrected chi connectivity index (χ1v) is 12.4. The van der Waals surface area contributed by atoms with Gasteiger partial charge >= 0.3 is 4.45 Å². The molecule has 2 aromatic carbocycles. The van der Waals surface area contributed by atoms with Crippen LogP contribution in [-0.2, 0) is 4.43 Å². The summed E-state index contributed by atoms with van der Waals surface area (Å²) >= 11 is 3.36. The predicted molar refractivity (Wildman–Crippen MR) is 124 cm³/mol. The van der Waals surface area contributed by atoms with Crippen LogP contribution in [0, 0.1) is 16.0 Å². The van der Waals surface area contributed by atoms with Crippen molar-refractivity contribution in [3.05, 3.63) is 95.1 Å². The molecule has 0 N–H and O–H groups in total. The smallest absolute Gasteiger partial charge is 0.301 e. The van der Waals surface area contributed by atoms with Gasteiger partial charge in [0.25, 0.3) is 8.32 Å². The molecule has 0 amide bonds. The van der Waals surface area contributed by atoms with E-state index in [9.17, 15) is 10.1 Å². The topological polar surface area (TPSA) is 52.4 Å². The van der Waals surface area contributed by atoms with Gasteiger partial charge in [-0.25, -0.2) is 0 Å². The van der Waals surface area contributed by atoms with Crippen LogP contribution < -0.4 is 10.4 Å². The molecule has 0 aromatic heterocycles. The molecule has 29 heavy (non-hydrogen) atoms. The average Bonchev–Trinajstić information content (AvgIpc) is 2.70. The molecule has 0 radical (unpaired) electrons. The van der Waals surface area contributed by atoms with E-state index in [0.717, 1.165) is 10.4 Å². The van der Waals surface area contributed by atoms with Crippen molar-refractivity contribution >= 4 is 34.6 Å². The van der Waals surface area contributed by atoms with E-state index in [4.69, 9.17) is 4.43 Å². The van der Waals surface area contributed by atoms with E-state index < -0.39 is 18.7 Å². The van der Waals surface area contributed by atoms with Gasteiger partial charge in [0.05, 0.1) is 5.92 Å². The van der Waals surface area contributed by atoms with Crippen LogP contribution in [-0.4, -0.2) is 24.3 Å². The molecule has 0 saturated heterocycles. The molecule has 0 aliphatic heterocycles. The Labute approximate surface area is 181 Å². The second-order valence-corrected chi connectivity index (χ2v) is 13.9. The van der Waals surface area contributed by atoms with Crippen molar-refractivity contribution in [2.75, 3.05) is 6.61 Å². The lowest BCUT2D eigenvalue weighted by Gasteiger charge is -2.44. The zero-order valence-corrected chi connectivity index (χ0v) is 19.5. The van der Waals surface area contributed by atoms with Crippen molar-refractivity contribution in [1.29, 1.82) is 0 Å². The number of allylic oxidation sites excluding steroid dienone is 2. The summed E-state index contributed by atoms with van der Waals surface area (Å²) in [7, 11) is -2.73. The molecule has 1 aliphatic carbocycles. The predicted octanol–water partition coefficient (Wildman–Crippen LogP) is 4.67. The molecule has 2 atom stereocenters. The van der Waals surface area contributed by atoms with E-state index in [-0.39, 0.29) is 16.6 Å². The molecule has 3 rings (SSSR count). The largest absolute Gasteiger partial charge is 0.406 e. The van der Waals surface area contributed by atoms with Gasteiger partial charge in [0.1, 0.15) is 0 Å². The molecule has 0 fully saturated rings. The minimum absolute atomic E-state index is 0.173. The lowest BCUT2D eigenvalue weighted by molar-refractivity contribution is -0.529. The molecule has 2 unspecified atom stereocenters. The highest BCUT2D eigenvalue weighted by Gasteiger charge is 2.52. The van der Waals surface area contributed by atoms with Crippen molar-refractivity contribution < 1.29 is 9.35 Å². The normalized spacial score (nSPS) is 21.9. The molecular weight excluding hydrogens is 446 g/mol. The number of hydrogen-bond donors (Lipinski definition) is 0. The van der Waals surface area contributed by atoms with Gasteiger partial charge in [-0.15, -0.1) is 0 Å². The van der Waals surface area contributed by atoms with Crippen molar-refractivity contribution in [3.8, 4) is 0 Å². The van der Waals surface area contributed by atoms with E-state index in [0.29, 0.717) is 0 Å². The van der Waals surface area contributed by atoms with Crippen molar-refractivity contribution in [2.45, 2.75) is 30.3 Å². The number of benzene rings is 2. The zero-order chi connectivity index (χ0) is 21.1. The molecule has 1 aliphatic rings. The van der Waals surface area contributed by atoms with Gasteiger partial charge in [0.15, 0.2) is 0 Å². The second kappa shape index (κ2) is 8.38. The van der Waals surface area contributed by atoms with Gasteiger partial charge < -0.3 is 4.43 Å². The van der Waals surface area contributed by atoms with Crippen LogP contribution in [0.5, 0.6) is 0 Å². The van der Waals surface area contributed by atoms with E-state index in [1.807, 2.05) is 48.6 Å². The number of alkyl halides is 1. The summed E-state index contributed by atoms with van der Waals surface area (Å²) in [5.74, 6) is -0.413. The van der Waals surface area contributed by atoms with Gasteiger partial charge in [-0.1, -0.05) is 99.7 Å². The molecular formula is C23H26BrNO3Si. The summed E-state index contributed by atoms with van der Waals surface area (Å²) in [6, 6.07) is 20.6. The molecule has 4 nitrogen and oxygen atoms in total. The van der Waals surface area contributed by atoms with E-state index >= 15 is 0 Å². The third-order valence-electron chi connectivity index (χ3n) is 5.48. The fourth-order valence-corrected chi connectivity index (χ4v) is 9.01. The lowest BCUT2D eigenvalue weighted by atomic mass is 9.96. The molecule has 152 valence electrons. The Morgan fingerprint density at radius 1 is 1.03 bits per heavy atom. The molecule has 0 spiro atoms. The second-order valence-electron chi connectivity index (χ2n) is 8.31. The Morgan fingerprint density at radius 2 is 1.55 bits per heavy atom. The highest BCUT2D eigenvalue weighted by atomic mass is 79.9. The fraction of sp³-hybridized carbons (Fsp3) is 0.304. The van der Waals surface area contributed by atoms with Gasteiger partial charge in [0, 0.05) is 33.5 Å². The van der Waals surface area contributed by atoms with Crippen LogP contribution in [0.4, 0.5) is 0 Å². The van der Waals surface area contributed by atoms with E-state index in [1.54, 1.807) is 12.2 Å². The van der Waals surface area contributed by atoms with E-state index in [1.165, 1.54) is 0 Å². The number of hydrogen-bond acceptors (Lipinski definition) is 3. The maximum absolute atomic E-state index is 11.8. The molecule has 0 saturated carbocycles.